The van der Waals surface area contributed by atoms with Gasteiger partial charge in [-0.2, -0.15) is 0 Å². The summed E-state index contributed by atoms with van der Waals surface area (Å²) in [5.41, 5.74) is 0.826. The zero-order valence-electron chi connectivity index (χ0n) is 8.18. The van der Waals surface area contributed by atoms with Gasteiger partial charge in [0.25, 0.3) is 0 Å². The van der Waals surface area contributed by atoms with Crippen molar-refractivity contribution < 1.29 is 14.3 Å². The van der Waals surface area contributed by atoms with Crippen LogP contribution in [0.4, 0.5) is 0 Å². The van der Waals surface area contributed by atoms with E-state index >= 15 is 0 Å². The van der Waals surface area contributed by atoms with Gasteiger partial charge in [-0.3, -0.25) is 0 Å². The molecule has 0 aliphatic heterocycles. The molecular weight excluding hydrogens is 230 g/mol. The van der Waals surface area contributed by atoms with Crippen molar-refractivity contribution in [3.8, 4) is 0 Å². The van der Waals surface area contributed by atoms with Crippen LogP contribution in [-0.4, -0.2) is 16.1 Å². The van der Waals surface area contributed by atoms with Gasteiger partial charge < -0.3 is 9.52 Å². The van der Waals surface area contributed by atoms with Crippen molar-refractivity contribution in [2.24, 2.45) is 0 Å². The Bertz CT molecular complexity index is 521. The van der Waals surface area contributed by atoms with E-state index in [1.165, 1.54) is 0 Å². The third-order valence-electron chi connectivity index (χ3n) is 2.10. The summed E-state index contributed by atoms with van der Waals surface area (Å²) in [6.45, 7) is 0. The Hall–Kier alpha value is -1.81. The molecule has 0 saturated heterocycles. The monoisotopic (exact) mass is 237 g/mol. The van der Waals surface area contributed by atoms with Crippen LogP contribution in [0.2, 0.25) is 5.02 Å². The van der Waals surface area contributed by atoms with Crippen LogP contribution in [0.15, 0.2) is 35.1 Å². The lowest BCUT2D eigenvalue weighted by atomic mass is 10.1. The summed E-state index contributed by atoms with van der Waals surface area (Å²) < 4.78 is 5.03. The second-order valence-electron chi connectivity index (χ2n) is 3.24. The highest BCUT2D eigenvalue weighted by Crippen LogP contribution is 2.16. The summed E-state index contributed by atoms with van der Waals surface area (Å²) in [5.74, 6) is -0.763. The van der Waals surface area contributed by atoms with Crippen molar-refractivity contribution in [3.05, 3.63) is 52.7 Å². The van der Waals surface area contributed by atoms with E-state index in [2.05, 4.69) is 4.98 Å². The van der Waals surface area contributed by atoms with Gasteiger partial charge in [0.2, 0.25) is 0 Å². The zero-order valence-corrected chi connectivity index (χ0v) is 8.94. The van der Waals surface area contributed by atoms with Gasteiger partial charge >= 0.3 is 5.97 Å². The average molecular weight is 238 g/mol. The first-order valence-corrected chi connectivity index (χ1v) is 4.94. The molecule has 0 atom stereocenters. The van der Waals surface area contributed by atoms with Crippen LogP contribution >= 0.6 is 11.6 Å². The highest BCUT2D eigenvalue weighted by atomic mass is 35.5. The molecule has 5 heteroatoms. The summed E-state index contributed by atoms with van der Waals surface area (Å²) in [4.78, 5) is 14.4. The van der Waals surface area contributed by atoms with Gasteiger partial charge in [-0.1, -0.05) is 23.7 Å². The summed E-state index contributed by atoms with van der Waals surface area (Å²) in [5, 5.41) is 9.44. The molecule has 0 spiro atoms. The van der Waals surface area contributed by atoms with Gasteiger partial charge in [0.1, 0.15) is 5.76 Å². The summed E-state index contributed by atoms with van der Waals surface area (Å²) in [6, 6.07) is 7.16. The van der Waals surface area contributed by atoms with Crippen LogP contribution in [0.3, 0.4) is 0 Å². The Morgan fingerprint density at radius 2 is 2.31 bits per heavy atom. The summed E-state index contributed by atoms with van der Waals surface area (Å²) >= 11 is 5.82. The Morgan fingerprint density at radius 3 is 3.00 bits per heavy atom. The zero-order chi connectivity index (χ0) is 11.5. The van der Waals surface area contributed by atoms with E-state index < -0.39 is 5.97 Å². The van der Waals surface area contributed by atoms with E-state index in [-0.39, 0.29) is 5.69 Å². The smallest absolute Gasteiger partial charge is 0.358 e. The van der Waals surface area contributed by atoms with E-state index in [4.69, 9.17) is 21.1 Å². The standard InChI is InChI=1S/C11H8ClNO3/c12-8-3-1-2-7(4-8)5-9-10(11(14)15)13-6-16-9/h1-4,6H,5H2,(H,14,15). The van der Waals surface area contributed by atoms with E-state index in [1.807, 2.05) is 6.07 Å². The normalized spacial score (nSPS) is 10.3. The average Bonchev–Trinajstić information content (AvgIpc) is 2.66. The van der Waals surface area contributed by atoms with Crippen molar-refractivity contribution in [3.63, 3.8) is 0 Å². The SMILES string of the molecule is O=C(O)c1ncoc1Cc1cccc(Cl)c1. The number of benzene rings is 1. The molecule has 0 fully saturated rings. The second-order valence-corrected chi connectivity index (χ2v) is 3.67. The summed E-state index contributed by atoms with van der Waals surface area (Å²) in [7, 11) is 0. The minimum absolute atomic E-state index is 0.0556. The van der Waals surface area contributed by atoms with Crippen LogP contribution in [-0.2, 0) is 6.42 Å². The highest BCUT2D eigenvalue weighted by molar-refractivity contribution is 6.30. The molecule has 0 aliphatic carbocycles. The van der Waals surface area contributed by atoms with E-state index in [0.29, 0.717) is 17.2 Å². The number of hydrogen-bond acceptors (Lipinski definition) is 3. The number of oxazole rings is 1. The molecule has 0 aliphatic rings. The fourth-order valence-corrected chi connectivity index (χ4v) is 1.62. The molecule has 0 saturated carbocycles. The predicted octanol–water partition coefficient (Wildman–Crippen LogP) is 2.62. The van der Waals surface area contributed by atoms with Crippen LogP contribution in [0.25, 0.3) is 0 Å². The predicted molar refractivity (Wildman–Crippen MR) is 57.7 cm³/mol. The van der Waals surface area contributed by atoms with Gasteiger partial charge in [-0.05, 0) is 17.7 Å². The number of halogens is 1. The molecule has 1 N–H and O–H groups in total. The first-order chi connectivity index (χ1) is 7.66. The molecule has 0 amide bonds. The molecule has 2 rings (SSSR count). The molecule has 1 aromatic heterocycles. The fourth-order valence-electron chi connectivity index (χ4n) is 1.40. The lowest BCUT2D eigenvalue weighted by molar-refractivity contribution is 0.0689. The molecule has 0 radical (unpaired) electrons. The molecule has 1 aromatic carbocycles. The van der Waals surface area contributed by atoms with Gasteiger partial charge in [0.05, 0.1) is 0 Å². The maximum atomic E-state index is 10.8. The van der Waals surface area contributed by atoms with Gasteiger partial charge in [-0.25, -0.2) is 9.78 Å². The minimum Gasteiger partial charge on any atom is -0.476 e. The lowest BCUT2D eigenvalue weighted by Crippen LogP contribution is -2.01. The molecule has 1 heterocycles. The van der Waals surface area contributed by atoms with Crippen molar-refractivity contribution >= 4 is 17.6 Å². The Labute approximate surface area is 96.5 Å². The third kappa shape index (κ3) is 2.23. The number of carbonyl (C=O) groups is 1. The fraction of sp³-hybridized carbons (Fsp3) is 0.0909. The van der Waals surface area contributed by atoms with Gasteiger partial charge in [-0.15, -0.1) is 0 Å². The number of hydrogen-bond donors (Lipinski definition) is 1. The topological polar surface area (TPSA) is 63.3 Å². The number of carboxylic acid groups (broad SMARTS) is 1. The molecule has 2 aromatic rings. The largest absolute Gasteiger partial charge is 0.476 e. The van der Waals surface area contributed by atoms with Gasteiger partial charge in [0.15, 0.2) is 12.1 Å². The van der Waals surface area contributed by atoms with Crippen molar-refractivity contribution in [1.82, 2.24) is 4.98 Å². The number of carboxylic acids is 1. The molecule has 82 valence electrons. The van der Waals surface area contributed by atoms with Crippen molar-refractivity contribution in [2.75, 3.05) is 0 Å². The molecular formula is C11H8ClNO3. The van der Waals surface area contributed by atoms with Gasteiger partial charge in [0, 0.05) is 11.4 Å². The second kappa shape index (κ2) is 4.37. The number of nitrogens with zero attached hydrogens (tertiary/aromatic N) is 1. The van der Waals surface area contributed by atoms with Crippen LogP contribution < -0.4 is 0 Å². The maximum absolute atomic E-state index is 10.8. The first kappa shape index (κ1) is 10.7. The Kier molecular flexibility index (Phi) is 2.92. The lowest BCUT2D eigenvalue weighted by Gasteiger charge is -1.99. The van der Waals surface area contributed by atoms with Crippen LogP contribution in [0, 0.1) is 0 Å². The van der Waals surface area contributed by atoms with E-state index in [9.17, 15) is 4.79 Å². The third-order valence-corrected chi connectivity index (χ3v) is 2.33. The Balaban J connectivity index is 2.27. The molecule has 0 bridgehead atoms. The molecule has 16 heavy (non-hydrogen) atoms. The van der Waals surface area contributed by atoms with Crippen LogP contribution in [0.5, 0.6) is 0 Å². The number of aromatic carboxylic acids is 1. The van der Waals surface area contributed by atoms with Crippen LogP contribution in [0.1, 0.15) is 21.8 Å². The Morgan fingerprint density at radius 1 is 1.50 bits per heavy atom. The minimum atomic E-state index is -1.09. The van der Waals surface area contributed by atoms with E-state index in [0.717, 1.165) is 12.0 Å². The molecule has 0 unspecified atom stereocenters. The van der Waals surface area contributed by atoms with Crippen molar-refractivity contribution in [2.45, 2.75) is 6.42 Å². The highest BCUT2D eigenvalue weighted by Gasteiger charge is 2.15. The number of rotatable bonds is 3. The molecule has 4 nitrogen and oxygen atoms in total. The first-order valence-electron chi connectivity index (χ1n) is 4.57. The van der Waals surface area contributed by atoms with E-state index in [1.54, 1.807) is 18.2 Å². The maximum Gasteiger partial charge on any atom is 0.358 e. The summed E-state index contributed by atoms with van der Waals surface area (Å²) in [6.07, 6.45) is 1.49. The number of aromatic nitrogens is 1. The van der Waals surface area contributed by atoms with Crippen molar-refractivity contribution in [1.29, 1.82) is 0 Å². The quantitative estimate of drug-likeness (QED) is 0.891.